The fourth-order valence-corrected chi connectivity index (χ4v) is 2.10. The van der Waals surface area contributed by atoms with Gasteiger partial charge in [-0.3, -0.25) is 0 Å². The second kappa shape index (κ2) is 4.64. The standard InChI is InChI=1S/C12H17NO2/c1-15-9-10-2-3-11-4-5-13(6-7-14)12(11)8-10/h2-3,8,14H,4-7,9H2,1H3. The Morgan fingerprint density at radius 1 is 1.47 bits per heavy atom. The van der Waals surface area contributed by atoms with Gasteiger partial charge in [-0.15, -0.1) is 0 Å². The number of hydrogen-bond acceptors (Lipinski definition) is 3. The third-order valence-corrected chi connectivity index (χ3v) is 2.82. The van der Waals surface area contributed by atoms with Crippen LogP contribution in [0.25, 0.3) is 0 Å². The molecule has 0 bridgehead atoms. The van der Waals surface area contributed by atoms with Crippen molar-refractivity contribution >= 4 is 5.69 Å². The van der Waals surface area contributed by atoms with Crippen LogP contribution >= 0.6 is 0 Å². The van der Waals surface area contributed by atoms with Crippen LogP contribution in [0.1, 0.15) is 11.1 Å². The first-order valence-electron chi connectivity index (χ1n) is 5.31. The lowest BCUT2D eigenvalue weighted by molar-refractivity contribution is 0.185. The van der Waals surface area contributed by atoms with Crippen LogP contribution in [0.3, 0.4) is 0 Å². The van der Waals surface area contributed by atoms with E-state index in [0.717, 1.165) is 19.5 Å². The molecule has 3 heteroatoms. The van der Waals surface area contributed by atoms with Crippen LogP contribution in [-0.2, 0) is 17.8 Å². The number of anilines is 1. The number of aliphatic hydroxyl groups is 1. The van der Waals surface area contributed by atoms with Crippen LogP contribution in [-0.4, -0.2) is 31.9 Å². The monoisotopic (exact) mass is 207 g/mol. The minimum Gasteiger partial charge on any atom is -0.395 e. The number of β-amino-alcohol motifs (C(OH)–C–C–N with tert-alkyl or cyclic N) is 1. The Morgan fingerprint density at radius 2 is 2.33 bits per heavy atom. The Hall–Kier alpha value is -1.06. The van der Waals surface area contributed by atoms with Crippen LogP contribution in [0.2, 0.25) is 0 Å². The van der Waals surface area contributed by atoms with Crippen molar-refractivity contribution in [2.75, 3.05) is 31.7 Å². The number of hydrogen-bond donors (Lipinski definition) is 1. The SMILES string of the molecule is COCc1ccc2c(c1)N(CCO)CC2. The zero-order valence-electron chi connectivity index (χ0n) is 9.07. The number of nitrogens with zero attached hydrogens (tertiary/aromatic N) is 1. The third-order valence-electron chi connectivity index (χ3n) is 2.82. The summed E-state index contributed by atoms with van der Waals surface area (Å²) in [7, 11) is 1.71. The number of rotatable bonds is 4. The molecule has 0 unspecified atom stereocenters. The van der Waals surface area contributed by atoms with Gasteiger partial charge in [0.25, 0.3) is 0 Å². The first-order valence-corrected chi connectivity index (χ1v) is 5.31. The molecule has 1 aliphatic heterocycles. The van der Waals surface area contributed by atoms with Gasteiger partial charge in [0, 0.05) is 25.9 Å². The predicted octanol–water partition coefficient (Wildman–Crippen LogP) is 1.19. The smallest absolute Gasteiger partial charge is 0.0713 e. The summed E-state index contributed by atoms with van der Waals surface area (Å²) in [6.45, 7) is 2.62. The van der Waals surface area contributed by atoms with Gasteiger partial charge in [0.05, 0.1) is 13.2 Å². The molecule has 2 rings (SSSR count). The molecule has 1 aromatic rings. The van der Waals surface area contributed by atoms with Crippen LogP contribution in [0.5, 0.6) is 0 Å². The van der Waals surface area contributed by atoms with Gasteiger partial charge < -0.3 is 14.7 Å². The van der Waals surface area contributed by atoms with Crippen molar-refractivity contribution in [3.8, 4) is 0 Å². The maximum Gasteiger partial charge on any atom is 0.0713 e. The van der Waals surface area contributed by atoms with Gasteiger partial charge >= 0.3 is 0 Å². The Balaban J connectivity index is 2.21. The van der Waals surface area contributed by atoms with Crippen molar-refractivity contribution in [1.29, 1.82) is 0 Å². The van der Waals surface area contributed by atoms with Gasteiger partial charge in [-0.05, 0) is 23.6 Å². The van der Waals surface area contributed by atoms with E-state index in [1.807, 2.05) is 0 Å². The number of ether oxygens (including phenoxy) is 1. The minimum atomic E-state index is 0.216. The summed E-state index contributed by atoms with van der Waals surface area (Å²) in [4.78, 5) is 2.23. The van der Waals surface area contributed by atoms with E-state index >= 15 is 0 Å². The molecule has 3 nitrogen and oxygen atoms in total. The first kappa shape index (κ1) is 10.5. The Labute approximate surface area is 90.3 Å². The van der Waals surface area contributed by atoms with Crippen molar-refractivity contribution in [2.45, 2.75) is 13.0 Å². The largest absolute Gasteiger partial charge is 0.395 e. The lowest BCUT2D eigenvalue weighted by atomic mass is 10.1. The maximum atomic E-state index is 8.96. The molecule has 1 aliphatic rings. The molecule has 0 aromatic heterocycles. The molecule has 0 atom stereocenters. The van der Waals surface area contributed by atoms with Gasteiger partial charge in [0.1, 0.15) is 0 Å². The fraction of sp³-hybridized carbons (Fsp3) is 0.500. The lowest BCUT2D eigenvalue weighted by Gasteiger charge is -2.18. The molecule has 0 fully saturated rings. The summed E-state index contributed by atoms with van der Waals surface area (Å²) in [5.74, 6) is 0. The Kier molecular flexibility index (Phi) is 3.23. The average Bonchev–Trinajstić information content (AvgIpc) is 2.63. The summed E-state index contributed by atoms with van der Waals surface area (Å²) in [6, 6.07) is 6.45. The highest BCUT2D eigenvalue weighted by Gasteiger charge is 2.18. The number of methoxy groups -OCH3 is 1. The van der Waals surface area contributed by atoms with E-state index in [4.69, 9.17) is 9.84 Å². The van der Waals surface area contributed by atoms with Crippen LogP contribution < -0.4 is 4.90 Å². The molecule has 1 N–H and O–H groups in total. The highest BCUT2D eigenvalue weighted by molar-refractivity contribution is 5.59. The molecule has 1 aromatic carbocycles. The molecule has 0 saturated carbocycles. The van der Waals surface area contributed by atoms with E-state index in [2.05, 4.69) is 23.1 Å². The van der Waals surface area contributed by atoms with E-state index in [0.29, 0.717) is 6.61 Å². The molecule has 1 heterocycles. The molecule has 82 valence electrons. The second-order valence-electron chi connectivity index (χ2n) is 3.86. The van der Waals surface area contributed by atoms with E-state index in [-0.39, 0.29) is 6.61 Å². The number of aliphatic hydroxyl groups excluding tert-OH is 1. The molecule has 0 saturated heterocycles. The van der Waals surface area contributed by atoms with Crippen molar-refractivity contribution in [3.05, 3.63) is 29.3 Å². The van der Waals surface area contributed by atoms with Gasteiger partial charge in [-0.1, -0.05) is 12.1 Å². The molecular formula is C12H17NO2. The van der Waals surface area contributed by atoms with Crippen LogP contribution in [0, 0.1) is 0 Å². The van der Waals surface area contributed by atoms with Crippen molar-refractivity contribution in [2.24, 2.45) is 0 Å². The lowest BCUT2D eigenvalue weighted by Crippen LogP contribution is -2.24. The average molecular weight is 207 g/mol. The van der Waals surface area contributed by atoms with E-state index in [1.165, 1.54) is 16.8 Å². The van der Waals surface area contributed by atoms with Gasteiger partial charge in [-0.25, -0.2) is 0 Å². The van der Waals surface area contributed by atoms with E-state index in [9.17, 15) is 0 Å². The summed E-state index contributed by atoms with van der Waals surface area (Å²) in [6.07, 6.45) is 1.09. The minimum absolute atomic E-state index is 0.216. The molecule has 0 amide bonds. The number of benzene rings is 1. The Morgan fingerprint density at radius 3 is 3.07 bits per heavy atom. The summed E-state index contributed by atoms with van der Waals surface area (Å²) >= 11 is 0. The highest BCUT2D eigenvalue weighted by atomic mass is 16.5. The summed E-state index contributed by atoms with van der Waals surface area (Å²) < 4.78 is 5.11. The first-order chi connectivity index (χ1) is 7.35. The topological polar surface area (TPSA) is 32.7 Å². The van der Waals surface area contributed by atoms with Crippen LogP contribution in [0.4, 0.5) is 5.69 Å². The van der Waals surface area contributed by atoms with Gasteiger partial charge in [0.2, 0.25) is 0 Å². The molecular weight excluding hydrogens is 190 g/mol. The Bertz CT molecular complexity index is 336. The summed E-state index contributed by atoms with van der Waals surface area (Å²) in [5, 5.41) is 8.96. The second-order valence-corrected chi connectivity index (χ2v) is 3.86. The van der Waals surface area contributed by atoms with E-state index in [1.54, 1.807) is 7.11 Å². The molecule has 15 heavy (non-hydrogen) atoms. The van der Waals surface area contributed by atoms with E-state index < -0.39 is 0 Å². The summed E-state index contributed by atoms with van der Waals surface area (Å²) in [5.41, 5.74) is 3.84. The maximum absolute atomic E-state index is 8.96. The van der Waals surface area contributed by atoms with Gasteiger partial charge in [0.15, 0.2) is 0 Å². The highest BCUT2D eigenvalue weighted by Crippen LogP contribution is 2.28. The predicted molar refractivity (Wildman–Crippen MR) is 60.2 cm³/mol. The quantitative estimate of drug-likeness (QED) is 0.805. The molecule has 0 aliphatic carbocycles. The molecule has 0 spiro atoms. The zero-order valence-corrected chi connectivity index (χ0v) is 9.07. The zero-order chi connectivity index (χ0) is 10.7. The normalized spacial score (nSPS) is 14.4. The van der Waals surface area contributed by atoms with Crippen molar-refractivity contribution < 1.29 is 9.84 Å². The van der Waals surface area contributed by atoms with Crippen LogP contribution in [0.15, 0.2) is 18.2 Å². The molecule has 0 radical (unpaired) electrons. The number of fused-ring (bicyclic) bond motifs is 1. The fourth-order valence-electron chi connectivity index (χ4n) is 2.10. The van der Waals surface area contributed by atoms with Crippen molar-refractivity contribution in [3.63, 3.8) is 0 Å². The van der Waals surface area contributed by atoms with Crippen molar-refractivity contribution in [1.82, 2.24) is 0 Å². The third kappa shape index (κ3) is 2.13. The van der Waals surface area contributed by atoms with Gasteiger partial charge in [-0.2, -0.15) is 0 Å².